The van der Waals surface area contributed by atoms with Crippen LogP contribution in [0.25, 0.3) is 10.9 Å². The molecule has 2 aromatic heterocycles. The van der Waals surface area contributed by atoms with E-state index >= 15 is 0 Å². The molecule has 4 nitrogen and oxygen atoms in total. The molecule has 0 bridgehead atoms. The summed E-state index contributed by atoms with van der Waals surface area (Å²) in [4.78, 5) is 0. The quantitative estimate of drug-likeness (QED) is 0.743. The predicted molar refractivity (Wildman–Crippen MR) is 68.6 cm³/mol. The number of fused-ring (bicyclic) bond motifs is 1. The largest absolute Gasteiger partial charge is 0.382 e. The van der Waals surface area contributed by atoms with Crippen molar-refractivity contribution in [2.24, 2.45) is 0 Å². The molecular weight excluding hydrogens is 212 g/mol. The molecule has 0 radical (unpaired) electrons. The van der Waals surface area contributed by atoms with Crippen LogP contribution in [0.2, 0.25) is 0 Å². The third-order valence-electron chi connectivity index (χ3n) is 2.91. The van der Waals surface area contributed by atoms with E-state index < -0.39 is 0 Å². The van der Waals surface area contributed by atoms with Crippen molar-refractivity contribution in [3.63, 3.8) is 0 Å². The topological polar surface area (TPSA) is 48.8 Å². The van der Waals surface area contributed by atoms with Crippen LogP contribution in [0.3, 0.4) is 0 Å². The van der Waals surface area contributed by atoms with Crippen LogP contribution in [0, 0.1) is 0 Å². The van der Waals surface area contributed by atoms with Gasteiger partial charge in [0, 0.05) is 24.5 Å². The average molecular weight is 226 g/mol. The summed E-state index contributed by atoms with van der Waals surface area (Å²) in [5, 5.41) is 5.44. The molecule has 2 heterocycles. The lowest BCUT2D eigenvalue weighted by molar-refractivity contribution is 0.544. The maximum Gasteiger partial charge on any atom is 0.145 e. The lowest BCUT2D eigenvalue weighted by Crippen LogP contribution is -2.07. The van der Waals surface area contributed by atoms with Crippen molar-refractivity contribution in [3.05, 3.63) is 48.8 Å². The van der Waals surface area contributed by atoms with Crippen molar-refractivity contribution < 1.29 is 0 Å². The van der Waals surface area contributed by atoms with Crippen molar-refractivity contribution in [1.29, 1.82) is 0 Å². The third kappa shape index (κ3) is 1.89. The predicted octanol–water partition coefficient (Wildman–Crippen LogP) is 2.12. The molecule has 4 heteroatoms. The number of rotatable bonds is 3. The van der Waals surface area contributed by atoms with Crippen LogP contribution in [-0.4, -0.2) is 14.3 Å². The van der Waals surface area contributed by atoms with Gasteiger partial charge in [-0.25, -0.2) is 0 Å². The molecule has 0 atom stereocenters. The number of aromatic nitrogens is 3. The lowest BCUT2D eigenvalue weighted by Gasteiger charge is -2.05. The first kappa shape index (κ1) is 9.96. The van der Waals surface area contributed by atoms with Crippen LogP contribution in [-0.2, 0) is 13.1 Å². The summed E-state index contributed by atoms with van der Waals surface area (Å²) in [6.07, 6.45) is 4.01. The Labute approximate surface area is 99.3 Å². The number of benzene rings is 1. The van der Waals surface area contributed by atoms with Gasteiger partial charge in [-0.05, 0) is 23.6 Å². The zero-order valence-electron chi connectivity index (χ0n) is 9.45. The molecule has 0 saturated heterocycles. The van der Waals surface area contributed by atoms with Crippen LogP contribution < -0.4 is 5.73 Å². The van der Waals surface area contributed by atoms with E-state index in [0.717, 1.165) is 13.1 Å². The minimum absolute atomic E-state index is 0.572. The maximum absolute atomic E-state index is 5.58. The summed E-state index contributed by atoms with van der Waals surface area (Å²) < 4.78 is 4.09. The molecule has 17 heavy (non-hydrogen) atoms. The monoisotopic (exact) mass is 226 g/mol. The molecule has 0 aliphatic heterocycles. The van der Waals surface area contributed by atoms with Gasteiger partial charge in [-0.15, -0.1) is 0 Å². The zero-order chi connectivity index (χ0) is 11.7. The Morgan fingerprint density at radius 2 is 1.88 bits per heavy atom. The highest BCUT2D eigenvalue weighted by molar-refractivity contribution is 5.79. The molecule has 0 saturated carbocycles. The fraction of sp³-hybridized carbons (Fsp3) is 0.154. The fourth-order valence-corrected chi connectivity index (χ4v) is 2.05. The number of nitrogens with zero attached hydrogens (tertiary/aromatic N) is 3. The second kappa shape index (κ2) is 3.97. The van der Waals surface area contributed by atoms with Gasteiger partial charge >= 0.3 is 0 Å². The summed E-state index contributed by atoms with van der Waals surface area (Å²) >= 11 is 0. The lowest BCUT2D eigenvalue weighted by atomic mass is 10.2. The van der Waals surface area contributed by atoms with Gasteiger partial charge in [-0.1, -0.05) is 18.2 Å². The molecule has 0 aliphatic carbocycles. The summed E-state index contributed by atoms with van der Waals surface area (Å²) in [6.45, 7) is 1.73. The van der Waals surface area contributed by atoms with E-state index in [0.29, 0.717) is 5.82 Å². The molecule has 0 spiro atoms. The fourth-order valence-electron chi connectivity index (χ4n) is 2.05. The van der Waals surface area contributed by atoms with E-state index in [1.54, 1.807) is 0 Å². The smallest absolute Gasteiger partial charge is 0.145 e. The number of nitrogen functional groups attached to an aromatic ring is 1. The first-order chi connectivity index (χ1) is 8.33. The third-order valence-corrected chi connectivity index (χ3v) is 2.91. The average Bonchev–Trinajstić information content (AvgIpc) is 2.93. The Kier molecular flexibility index (Phi) is 2.33. The SMILES string of the molecule is Nc1ccn(CCn2ccc3ccccc32)n1. The van der Waals surface area contributed by atoms with E-state index in [9.17, 15) is 0 Å². The van der Waals surface area contributed by atoms with Crippen LogP contribution in [0.4, 0.5) is 5.82 Å². The molecule has 2 N–H and O–H groups in total. The summed E-state index contributed by atoms with van der Waals surface area (Å²) in [7, 11) is 0. The first-order valence-corrected chi connectivity index (χ1v) is 5.66. The molecular formula is C13H14N4. The van der Waals surface area contributed by atoms with Gasteiger partial charge in [0.2, 0.25) is 0 Å². The second-order valence-corrected chi connectivity index (χ2v) is 4.07. The highest BCUT2D eigenvalue weighted by atomic mass is 15.3. The number of anilines is 1. The van der Waals surface area contributed by atoms with Gasteiger partial charge in [-0.3, -0.25) is 4.68 Å². The molecule has 3 rings (SSSR count). The number of hydrogen-bond acceptors (Lipinski definition) is 2. The molecule has 0 fully saturated rings. The van der Waals surface area contributed by atoms with E-state index in [1.807, 2.05) is 16.9 Å². The molecule has 1 aromatic carbocycles. The maximum atomic E-state index is 5.58. The van der Waals surface area contributed by atoms with E-state index in [2.05, 4.69) is 46.2 Å². The Bertz CT molecular complexity index is 635. The molecule has 0 aliphatic rings. The van der Waals surface area contributed by atoms with Crippen LogP contribution in [0.1, 0.15) is 0 Å². The number of para-hydroxylation sites is 1. The Hall–Kier alpha value is -2.23. The van der Waals surface area contributed by atoms with E-state index in [-0.39, 0.29) is 0 Å². The van der Waals surface area contributed by atoms with Crippen LogP contribution >= 0.6 is 0 Å². The molecule has 86 valence electrons. The standard InChI is InChI=1S/C13H14N4/c14-13-6-8-17(15-13)10-9-16-7-5-11-3-1-2-4-12(11)16/h1-8H,9-10H2,(H2,14,15). The van der Waals surface area contributed by atoms with Crippen molar-refractivity contribution in [2.45, 2.75) is 13.1 Å². The number of hydrogen-bond donors (Lipinski definition) is 1. The first-order valence-electron chi connectivity index (χ1n) is 5.66. The van der Waals surface area contributed by atoms with Crippen molar-refractivity contribution in [3.8, 4) is 0 Å². The van der Waals surface area contributed by atoms with Gasteiger partial charge in [0.05, 0.1) is 6.54 Å². The van der Waals surface area contributed by atoms with Gasteiger partial charge in [0.15, 0.2) is 0 Å². The van der Waals surface area contributed by atoms with Crippen molar-refractivity contribution in [1.82, 2.24) is 14.3 Å². The highest BCUT2D eigenvalue weighted by Gasteiger charge is 2.00. The van der Waals surface area contributed by atoms with Crippen molar-refractivity contribution >= 4 is 16.7 Å². The summed E-state index contributed by atoms with van der Waals surface area (Å²) in [5.41, 5.74) is 6.84. The molecule has 3 aromatic rings. The van der Waals surface area contributed by atoms with Gasteiger partial charge in [0.1, 0.15) is 5.82 Å². The van der Waals surface area contributed by atoms with Crippen LogP contribution in [0.15, 0.2) is 48.8 Å². The highest BCUT2D eigenvalue weighted by Crippen LogP contribution is 2.14. The minimum Gasteiger partial charge on any atom is -0.382 e. The van der Waals surface area contributed by atoms with Gasteiger partial charge in [0.25, 0.3) is 0 Å². The summed E-state index contributed by atoms with van der Waals surface area (Å²) in [6, 6.07) is 12.3. The van der Waals surface area contributed by atoms with E-state index in [4.69, 9.17) is 5.73 Å². The molecule has 0 amide bonds. The zero-order valence-corrected chi connectivity index (χ0v) is 9.45. The van der Waals surface area contributed by atoms with Crippen LogP contribution in [0.5, 0.6) is 0 Å². The second-order valence-electron chi connectivity index (χ2n) is 4.07. The Balaban J connectivity index is 1.81. The van der Waals surface area contributed by atoms with Gasteiger partial charge < -0.3 is 10.3 Å². The number of aryl methyl sites for hydroxylation is 2. The number of nitrogens with two attached hydrogens (primary N) is 1. The van der Waals surface area contributed by atoms with Crippen molar-refractivity contribution in [2.75, 3.05) is 5.73 Å². The normalized spacial score (nSPS) is 11.1. The van der Waals surface area contributed by atoms with Gasteiger partial charge in [-0.2, -0.15) is 5.10 Å². The Morgan fingerprint density at radius 1 is 1.00 bits per heavy atom. The minimum atomic E-state index is 0.572. The van der Waals surface area contributed by atoms with E-state index in [1.165, 1.54) is 10.9 Å². The molecule has 0 unspecified atom stereocenters. The Morgan fingerprint density at radius 3 is 2.71 bits per heavy atom. The summed E-state index contributed by atoms with van der Waals surface area (Å²) in [5.74, 6) is 0.572.